The van der Waals surface area contributed by atoms with E-state index < -0.39 is 0 Å². The first-order chi connectivity index (χ1) is 9.19. The molecular formula is C15H29N3O. The van der Waals surface area contributed by atoms with E-state index in [-0.39, 0.29) is 5.91 Å². The van der Waals surface area contributed by atoms with E-state index in [1.165, 1.54) is 25.7 Å². The zero-order valence-corrected chi connectivity index (χ0v) is 12.5. The highest BCUT2D eigenvalue weighted by Gasteiger charge is 2.32. The molecule has 2 N–H and O–H groups in total. The maximum Gasteiger partial charge on any atom is 0.234 e. The summed E-state index contributed by atoms with van der Waals surface area (Å²) in [5.74, 6) is 0.980. The molecule has 0 aromatic heterocycles. The third-order valence-corrected chi connectivity index (χ3v) is 4.38. The Morgan fingerprint density at radius 1 is 1.32 bits per heavy atom. The molecule has 2 rings (SSSR count). The Labute approximate surface area is 117 Å². The number of piperidine rings is 1. The highest BCUT2D eigenvalue weighted by molar-refractivity contribution is 5.78. The molecule has 1 saturated carbocycles. The molecular weight excluding hydrogens is 238 g/mol. The number of hydrogen-bond acceptors (Lipinski definition) is 3. The number of nitrogens with one attached hydrogen (secondary N) is 2. The van der Waals surface area contributed by atoms with E-state index >= 15 is 0 Å². The molecule has 4 heteroatoms. The molecule has 0 spiro atoms. The lowest BCUT2D eigenvalue weighted by Crippen LogP contribution is -2.44. The van der Waals surface area contributed by atoms with Gasteiger partial charge in [0, 0.05) is 18.6 Å². The third-order valence-electron chi connectivity index (χ3n) is 4.38. The van der Waals surface area contributed by atoms with Crippen LogP contribution >= 0.6 is 0 Å². The fourth-order valence-electron chi connectivity index (χ4n) is 2.79. The van der Waals surface area contributed by atoms with Gasteiger partial charge in [-0.25, -0.2) is 0 Å². The van der Waals surface area contributed by atoms with Gasteiger partial charge in [-0.2, -0.15) is 0 Å². The molecule has 0 radical (unpaired) electrons. The van der Waals surface area contributed by atoms with Gasteiger partial charge >= 0.3 is 0 Å². The molecule has 1 saturated heterocycles. The van der Waals surface area contributed by atoms with Crippen molar-refractivity contribution in [3.05, 3.63) is 0 Å². The molecule has 2 fully saturated rings. The lowest BCUT2D eigenvalue weighted by molar-refractivity contribution is -0.123. The molecule has 1 amide bonds. The van der Waals surface area contributed by atoms with Crippen LogP contribution in [0, 0.1) is 5.92 Å². The van der Waals surface area contributed by atoms with Gasteiger partial charge in [-0.1, -0.05) is 6.92 Å². The van der Waals surface area contributed by atoms with Gasteiger partial charge in [0.25, 0.3) is 0 Å². The molecule has 1 aliphatic carbocycles. The minimum absolute atomic E-state index is 0.204. The van der Waals surface area contributed by atoms with Crippen LogP contribution in [0.5, 0.6) is 0 Å². The highest BCUT2D eigenvalue weighted by Crippen LogP contribution is 2.28. The van der Waals surface area contributed by atoms with Crippen LogP contribution < -0.4 is 10.6 Å². The van der Waals surface area contributed by atoms with Crippen molar-refractivity contribution < 1.29 is 4.79 Å². The summed E-state index contributed by atoms with van der Waals surface area (Å²) in [6, 6.07) is 0.977. The van der Waals surface area contributed by atoms with Crippen LogP contribution in [0.4, 0.5) is 0 Å². The first-order valence-electron chi connectivity index (χ1n) is 7.93. The summed E-state index contributed by atoms with van der Waals surface area (Å²) >= 11 is 0. The summed E-state index contributed by atoms with van der Waals surface area (Å²) in [7, 11) is 0. The topological polar surface area (TPSA) is 44.4 Å². The summed E-state index contributed by atoms with van der Waals surface area (Å²) in [4.78, 5) is 14.5. The van der Waals surface area contributed by atoms with Crippen molar-refractivity contribution in [1.82, 2.24) is 15.5 Å². The second-order valence-electron chi connectivity index (χ2n) is 6.23. The summed E-state index contributed by atoms with van der Waals surface area (Å²) in [6.07, 6.45) is 6.08. The van der Waals surface area contributed by atoms with Gasteiger partial charge in [0.1, 0.15) is 0 Å². The predicted octanol–water partition coefficient (Wildman–Crippen LogP) is 1.37. The Morgan fingerprint density at radius 2 is 2.00 bits per heavy atom. The van der Waals surface area contributed by atoms with Crippen molar-refractivity contribution in [2.24, 2.45) is 5.92 Å². The van der Waals surface area contributed by atoms with Crippen LogP contribution in [0.2, 0.25) is 0 Å². The largest absolute Gasteiger partial charge is 0.353 e. The van der Waals surface area contributed by atoms with Crippen LogP contribution in [0.15, 0.2) is 0 Å². The molecule has 110 valence electrons. The number of rotatable bonds is 7. The number of carbonyl (C=O) groups excluding carboxylic acids is 1. The minimum Gasteiger partial charge on any atom is -0.353 e. The number of amides is 1. The summed E-state index contributed by atoms with van der Waals surface area (Å²) in [5.41, 5.74) is 0. The molecule has 1 aliphatic heterocycles. The molecule has 19 heavy (non-hydrogen) atoms. The zero-order valence-electron chi connectivity index (χ0n) is 12.5. The maximum atomic E-state index is 12.0. The second-order valence-corrected chi connectivity index (χ2v) is 6.23. The maximum absolute atomic E-state index is 12.0. The van der Waals surface area contributed by atoms with Crippen molar-refractivity contribution in [2.45, 2.75) is 58.0 Å². The van der Waals surface area contributed by atoms with Gasteiger partial charge in [0.05, 0.1) is 6.54 Å². The van der Waals surface area contributed by atoms with Gasteiger partial charge in [-0.3, -0.25) is 9.69 Å². The molecule has 1 unspecified atom stereocenters. The Morgan fingerprint density at radius 3 is 2.58 bits per heavy atom. The smallest absolute Gasteiger partial charge is 0.234 e. The fourth-order valence-corrected chi connectivity index (χ4v) is 2.79. The summed E-state index contributed by atoms with van der Waals surface area (Å²) < 4.78 is 0. The van der Waals surface area contributed by atoms with Crippen LogP contribution in [0.1, 0.15) is 46.0 Å². The molecule has 4 nitrogen and oxygen atoms in total. The average molecular weight is 267 g/mol. The summed E-state index contributed by atoms with van der Waals surface area (Å²) in [5, 5.41) is 6.50. The van der Waals surface area contributed by atoms with E-state index in [1.54, 1.807) is 0 Å². The molecule has 0 bridgehead atoms. The van der Waals surface area contributed by atoms with E-state index in [0.717, 1.165) is 32.0 Å². The van der Waals surface area contributed by atoms with Crippen molar-refractivity contribution >= 4 is 5.91 Å². The molecule has 0 aromatic rings. The SMILES string of the molecule is CCC(C)NC(=O)CN(CC1CCNCC1)C1CC1. The van der Waals surface area contributed by atoms with E-state index in [0.29, 0.717) is 18.6 Å². The van der Waals surface area contributed by atoms with Gasteiger partial charge in [0.2, 0.25) is 5.91 Å². The number of nitrogens with zero attached hydrogens (tertiary/aromatic N) is 1. The third kappa shape index (κ3) is 5.11. The highest BCUT2D eigenvalue weighted by atomic mass is 16.2. The van der Waals surface area contributed by atoms with Gasteiger partial charge in [-0.05, 0) is 58.0 Å². The van der Waals surface area contributed by atoms with Crippen LogP contribution in [0.3, 0.4) is 0 Å². The Bertz CT molecular complexity index is 285. The van der Waals surface area contributed by atoms with Crippen molar-refractivity contribution in [3.8, 4) is 0 Å². The number of hydrogen-bond donors (Lipinski definition) is 2. The normalized spacial score (nSPS) is 22.5. The minimum atomic E-state index is 0.204. The Balaban J connectivity index is 1.77. The van der Waals surface area contributed by atoms with Gasteiger partial charge in [0.15, 0.2) is 0 Å². The van der Waals surface area contributed by atoms with Crippen LogP contribution in [0.25, 0.3) is 0 Å². The van der Waals surface area contributed by atoms with Crippen molar-refractivity contribution in [1.29, 1.82) is 0 Å². The Kier molecular flexibility index (Phi) is 5.64. The van der Waals surface area contributed by atoms with E-state index in [9.17, 15) is 4.79 Å². The van der Waals surface area contributed by atoms with Crippen molar-refractivity contribution in [3.63, 3.8) is 0 Å². The zero-order chi connectivity index (χ0) is 13.7. The standard InChI is InChI=1S/C15H29N3O/c1-3-12(2)17-15(19)11-18(14-4-5-14)10-13-6-8-16-9-7-13/h12-14,16H,3-11H2,1-2H3,(H,17,19). The Hall–Kier alpha value is -0.610. The monoisotopic (exact) mass is 267 g/mol. The van der Waals surface area contributed by atoms with E-state index in [2.05, 4.69) is 29.4 Å². The van der Waals surface area contributed by atoms with Crippen molar-refractivity contribution in [2.75, 3.05) is 26.2 Å². The molecule has 1 heterocycles. The lowest BCUT2D eigenvalue weighted by atomic mass is 9.97. The van der Waals surface area contributed by atoms with Gasteiger partial charge in [-0.15, -0.1) is 0 Å². The van der Waals surface area contributed by atoms with E-state index in [4.69, 9.17) is 0 Å². The first-order valence-corrected chi connectivity index (χ1v) is 7.93. The lowest BCUT2D eigenvalue weighted by Gasteiger charge is -2.30. The van der Waals surface area contributed by atoms with E-state index in [1.807, 2.05) is 0 Å². The van der Waals surface area contributed by atoms with Crippen LogP contribution in [-0.4, -0.2) is 49.1 Å². The summed E-state index contributed by atoms with van der Waals surface area (Å²) in [6.45, 7) is 8.18. The van der Waals surface area contributed by atoms with Crippen LogP contribution in [-0.2, 0) is 4.79 Å². The number of carbonyl (C=O) groups is 1. The van der Waals surface area contributed by atoms with Gasteiger partial charge < -0.3 is 10.6 Å². The fraction of sp³-hybridized carbons (Fsp3) is 0.933. The molecule has 2 aliphatic rings. The quantitative estimate of drug-likeness (QED) is 0.732. The molecule has 1 atom stereocenters. The average Bonchev–Trinajstić information content (AvgIpc) is 3.23. The predicted molar refractivity (Wildman–Crippen MR) is 78.1 cm³/mol. The first kappa shape index (κ1) is 14.8. The molecule has 0 aromatic carbocycles. The second kappa shape index (κ2) is 7.25.